The fourth-order valence-electron chi connectivity index (χ4n) is 3.76. The maximum Gasteiger partial charge on any atom is 0.294 e. The minimum atomic E-state index is -4.19. The van der Waals surface area contributed by atoms with Crippen molar-refractivity contribution in [2.75, 3.05) is 15.4 Å². The molecule has 4 rings (SSSR count). The second-order valence-corrected chi connectivity index (χ2v) is 9.56. The third-order valence-corrected chi connectivity index (χ3v) is 7.22. The quantitative estimate of drug-likeness (QED) is 0.178. The number of rotatable bonds is 8. The molecule has 0 saturated carbocycles. The van der Waals surface area contributed by atoms with Gasteiger partial charge in [0.25, 0.3) is 15.7 Å². The van der Waals surface area contributed by atoms with Crippen LogP contribution in [0.5, 0.6) is 0 Å². The number of sulfonamides is 1. The van der Waals surface area contributed by atoms with Crippen LogP contribution in [0.4, 0.5) is 34.1 Å². The normalized spacial score (nSPS) is 11.1. The van der Waals surface area contributed by atoms with Gasteiger partial charge in [-0.1, -0.05) is 43.3 Å². The Kier molecular flexibility index (Phi) is 6.70. The molecule has 0 radical (unpaired) electrons. The molecule has 0 amide bonds. The fourth-order valence-corrected chi connectivity index (χ4v) is 5.27. The number of benzene rings is 4. The number of anilines is 5. The Morgan fingerprint density at radius 2 is 1.43 bits per heavy atom. The molecule has 0 fully saturated rings. The number of aryl methyl sites for hydroxylation is 1. The number of nitrogens with one attached hydrogen (secondary N) is 1. The first-order valence-electron chi connectivity index (χ1n) is 10.9. The minimum Gasteiger partial charge on any atom is -0.399 e. The first-order valence-corrected chi connectivity index (χ1v) is 12.3. The average molecular weight is 489 g/mol. The number of hydrogen-bond donors (Lipinski definition) is 2. The summed E-state index contributed by atoms with van der Waals surface area (Å²) in [4.78, 5) is 11.2. The highest BCUT2D eigenvalue weighted by Crippen LogP contribution is 2.36. The molecule has 0 aromatic heterocycles. The summed E-state index contributed by atoms with van der Waals surface area (Å²) in [7, 11) is -4.19. The highest BCUT2D eigenvalue weighted by Gasteiger charge is 2.29. The molecule has 0 heterocycles. The first-order chi connectivity index (χ1) is 16.8. The molecule has 4 aromatic rings. The van der Waals surface area contributed by atoms with Gasteiger partial charge in [-0.25, -0.2) is 12.7 Å². The van der Waals surface area contributed by atoms with Crippen molar-refractivity contribution in [2.24, 2.45) is 0 Å². The molecule has 8 nitrogen and oxygen atoms in total. The van der Waals surface area contributed by atoms with Crippen LogP contribution >= 0.6 is 0 Å². The number of nitrogen functional groups attached to an aromatic ring is 1. The van der Waals surface area contributed by atoms with Gasteiger partial charge in [-0.15, -0.1) is 0 Å². The summed E-state index contributed by atoms with van der Waals surface area (Å²) < 4.78 is 28.7. The molecule has 4 aromatic carbocycles. The van der Waals surface area contributed by atoms with Crippen LogP contribution in [0.2, 0.25) is 0 Å². The van der Waals surface area contributed by atoms with E-state index < -0.39 is 14.9 Å². The zero-order valence-corrected chi connectivity index (χ0v) is 19.8. The summed E-state index contributed by atoms with van der Waals surface area (Å²) in [6.07, 6.45) is 0.663. The summed E-state index contributed by atoms with van der Waals surface area (Å²) in [6, 6.07) is 26.3. The van der Waals surface area contributed by atoms with Crippen molar-refractivity contribution in [3.8, 4) is 0 Å². The lowest BCUT2D eigenvalue weighted by Crippen LogP contribution is -2.26. The van der Waals surface area contributed by atoms with Gasteiger partial charge in [0.15, 0.2) is 0 Å². The lowest BCUT2D eigenvalue weighted by Gasteiger charge is -2.24. The van der Waals surface area contributed by atoms with Crippen molar-refractivity contribution < 1.29 is 13.3 Å². The molecular weight excluding hydrogens is 464 g/mol. The van der Waals surface area contributed by atoms with Crippen LogP contribution in [-0.4, -0.2) is 13.3 Å². The van der Waals surface area contributed by atoms with Crippen LogP contribution in [0.25, 0.3) is 0 Å². The molecule has 0 bridgehead atoms. The van der Waals surface area contributed by atoms with E-state index in [0.717, 1.165) is 11.6 Å². The third-order valence-electron chi connectivity index (χ3n) is 5.47. The Hall–Kier alpha value is -4.37. The van der Waals surface area contributed by atoms with Gasteiger partial charge in [-0.05, 0) is 66.6 Å². The molecule has 0 saturated heterocycles. The van der Waals surface area contributed by atoms with E-state index in [1.807, 2.05) is 6.92 Å². The van der Waals surface area contributed by atoms with Crippen LogP contribution in [0, 0.1) is 10.1 Å². The Bertz CT molecular complexity index is 1420. The molecule has 0 unspecified atom stereocenters. The summed E-state index contributed by atoms with van der Waals surface area (Å²) >= 11 is 0. The Morgan fingerprint density at radius 1 is 0.857 bits per heavy atom. The van der Waals surface area contributed by atoms with Crippen LogP contribution in [0.1, 0.15) is 12.5 Å². The van der Waals surface area contributed by atoms with Crippen LogP contribution in [0.3, 0.4) is 0 Å². The summed E-state index contributed by atoms with van der Waals surface area (Å²) in [5, 5.41) is 15.0. The summed E-state index contributed by atoms with van der Waals surface area (Å²) in [5.74, 6) is 0. The van der Waals surface area contributed by atoms with E-state index >= 15 is 0 Å². The number of nitro groups is 1. The van der Waals surface area contributed by atoms with Gasteiger partial charge >= 0.3 is 0 Å². The lowest BCUT2D eigenvalue weighted by atomic mass is 10.1. The zero-order chi connectivity index (χ0) is 25.0. The van der Waals surface area contributed by atoms with Crippen LogP contribution < -0.4 is 15.4 Å². The van der Waals surface area contributed by atoms with Gasteiger partial charge in [0, 0.05) is 17.4 Å². The van der Waals surface area contributed by atoms with Gasteiger partial charge in [0.1, 0.15) is 5.69 Å². The maximum absolute atomic E-state index is 13.8. The van der Waals surface area contributed by atoms with E-state index in [9.17, 15) is 18.5 Å². The molecule has 0 aliphatic carbocycles. The van der Waals surface area contributed by atoms with Crippen molar-refractivity contribution in [3.05, 3.63) is 113 Å². The minimum absolute atomic E-state index is 0.180. The van der Waals surface area contributed by atoms with Gasteiger partial charge in [0.2, 0.25) is 0 Å². The Balaban J connectivity index is 1.80. The van der Waals surface area contributed by atoms with Crippen molar-refractivity contribution in [1.29, 1.82) is 0 Å². The number of nitrogens with zero attached hydrogens (tertiary/aromatic N) is 2. The van der Waals surface area contributed by atoms with Gasteiger partial charge in [0.05, 0.1) is 21.2 Å². The van der Waals surface area contributed by atoms with Crippen molar-refractivity contribution in [3.63, 3.8) is 0 Å². The molecule has 35 heavy (non-hydrogen) atoms. The van der Waals surface area contributed by atoms with Crippen LogP contribution in [0.15, 0.2) is 102 Å². The third kappa shape index (κ3) is 4.95. The van der Waals surface area contributed by atoms with E-state index in [4.69, 9.17) is 5.73 Å². The average Bonchev–Trinajstić information content (AvgIpc) is 2.86. The second-order valence-electron chi connectivity index (χ2n) is 7.77. The predicted octanol–water partition coefficient (Wildman–Crippen LogP) is 6.01. The monoisotopic (exact) mass is 488 g/mol. The molecule has 3 N–H and O–H groups in total. The highest BCUT2D eigenvalue weighted by molar-refractivity contribution is 7.93. The summed E-state index contributed by atoms with van der Waals surface area (Å²) in [6.45, 7) is 1.95. The second kappa shape index (κ2) is 9.86. The van der Waals surface area contributed by atoms with Gasteiger partial charge in [-0.2, -0.15) is 0 Å². The number of para-hydroxylation sites is 2. The van der Waals surface area contributed by atoms with Crippen molar-refractivity contribution in [1.82, 2.24) is 0 Å². The SMILES string of the molecule is CCc1cc(N)ccc1Nc1ccc(S(=O)(=O)N(c2ccccc2)c2ccccc2)cc1[N+](=O)[O-]. The van der Waals surface area contributed by atoms with E-state index in [-0.39, 0.29) is 16.3 Å². The van der Waals surface area contributed by atoms with E-state index in [1.165, 1.54) is 16.4 Å². The molecule has 9 heteroatoms. The Morgan fingerprint density at radius 3 is 1.97 bits per heavy atom. The Labute approximate surface area is 203 Å². The smallest absolute Gasteiger partial charge is 0.294 e. The van der Waals surface area contributed by atoms with E-state index in [2.05, 4.69) is 5.32 Å². The largest absolute Gasteiger partial charge is 0.399 e. The number of nitro benzene ring substituents is 1. The molecule has 0 aliphatic rings. The molecule has 0 spiro atoms. The van der Waals surface area contributed by atoms with Crippen molar-refractivity contribution >= 4 is 44.1 Å². The van der Waals surface area contributed by atoms with Gasteiger partial charge in [-0.3, -0.25) is 10.1 Å². The maximum atomic E-state index is 13.8. The van der Waals surface area contributed by atoms with Gasteiger partial charge < -0.3 is 11.1 Å². The topological polar surface area (TPSA) is 119 Å². The van der Waals surface area contributed by atoms with E-state index in [0.29, 0.717) is 29.2 Å². The van der Waals surface area contributed by atoms with Crippen LogP contribution in [-0.2, 0) is 16.4 Å². The first kappa shape index (κ1) is 23.8. The van der Waals surface area contributed by atoms with E-state index in [1.54, 1.807) is 78.9 Å². The van der Waals surface area contributed by atoms with Crippen molar-refractivity contribution in [2.45, 2.75) is 18.2 Å². The number of hydrogen-bond acceptors (Lipinski definition) is 6. The lowest BCUT2D eigenvalue weighted by molar-refractivity contribution is -0.384. The fraction of sp³-hybridized carbons (Fsp3) is 0.0769. The molecule has 178 valence electrons. The summed E-state index contributed by atoms with van der Waals surface area (Å²) in [5.41, 5.74) is 8.65. The molecular formula is C26H24N4O4S. The molecule has 0 atom stereocenters. The highest BCUT2D eigenvalue weighted by atomic mass is 32.2. The standard InChI is InChI=1S/C26H24N4O4S/c1-2-19-17-20(27)13-15-24(19)28-25-16-14-23(18-26(25)30(31)32)35(33,34)29(21-9-5-3-6-10-21)22-11-7-4-8-12-22/h3-18,28H,2,27H2,1H3. The number of nitrogens with two attached hydrogens (primary N) is 1. The predicted molar refractivity (Wildman–Crippen MR) is 139 cm³/mol. The zero-order valence-electron chi connectivity index (χ0n) is 19.0. The molecule has 0 aliphatic heterocycles.